The fraction of sp³-hybridized carbons (Fsp3) is 0.318. The van der Waals surface area contributed by atoms with E-state index >= 15 is 0 Å². The second-order valence-corrected chi connectivity index (χ2v) is 7.96. The van der Waals surface area contributed by atoms with E-state index in [0.717, 1.165) is 48.4 Å². The molecule has 156 valence electrons. The number of anilines is 2. The van der Waals surface area contributed by atoms with Crippen LogP contribution in [0.3, 0.4) is 0 Å². The van der Waals surface area contributed by atoms with Crippen molar-refractivity contribution in [3.05, 3.63) is 54.1 Å². The first-order valence-electron chi connectivity index (χ1n) is 10.5. The Morgan fingerprint density at radius 3 is 2.35 bits per heavy atom. The Morgan fingerprint density at radius 2 is 1.65 bits per heavy atom. The Balaban J connectivity index is 1.49. The Kier molecular flexibility index (Phi) is 4.27. The van der Waals surface area contributed by atoms with Gasteiger partial charge in [0.15, 0.2) is 5.65 Å². The molecule has 0 radical (unpaired) electrons. The number of hydrogen-bond acceptors (Lipinski definition) is 8. The van der Waals surface area contributed by atoms with Gasteiger partial charge >= 0.3 is 0 Å². The Hall–Kier alpha value is -3.59. The third-order valence-electron chi connectivity index (χ3n) is 6.07. The number of ether oxygens (including phenoxy) is 1. The highest BCUT2D eigenvalue weighted by Crippen LogP contribution is 2.34. The Bertz CT molecular complexity index is 1220. The summed E-state index contributed by atoms with van der Waals surface area (Å²) >= 11 is 0. The third-order valence-corrected chi connectivity index (χ3v) is 6.07. The average Bonchev–Trinajstić information content (AvgIpc) is 3.43. The molecule has 3 aromatic heterocycles. The van der Waals surface area contributed by atoms with Crippen molar-refractivity contribution in [3.63, 3.8) is 0 Å². The first kappa shape index (κ1) is 18.2. The van der Waals surface area contributed by atoms with E-state index in [1.165, 1.54) is 11.1 Å². The van der Waals surface area contributed by atoms with Crippen LogP contribution in [0.25, 0.3) is 22.4 Å². The van der Waals surface area contributed by atoms with E-state index in [1.807, 2.05) is 6.33 Å². The topological polar surface area (TPSA) is 108 Å². The van der Waals surface area contributed by atoms with Crippen LogP contribution in [0.5, 0.6) is 0 Å². The van der Waals surface area contributed by atoms with Crippen molar-refractivity contribution in [3.8, 4) is 11.3 Å². The maximum Gasteiger partial charge on any atom is 0.228 e. The molecule has 6 rings (SSSR count). The van der Waals surface area contributed by atoms with E-state index in [9.17, 15) is 0 Å². The number of hydrogen-bond donors (Lipinski definition) is 1. The van der Waals surface area contributed by atoms with Gasteiger partial charge in [0, 0.05) is 37.1 Å². The number of nitrogen functional groups attached to an aromatic ring is 1. The number of morpholine rings is 1. The van der Waals surface area contributed by atoms with Gasteiger partial charge in [-0.05, 0) is 24.0 Å². The van der Waals surface area contributed by atoms with Crippen LogP contribution in [-0.4, -0.2) is 55.8 Å². The molecule has 1 saturated heterocycles. The minimum Gasteiger partial charge on any atom is -0.378 e. The zero-order chi connectivity index (χ0) is 20.8. The average molecular weight is 414 g/mol. The van der Waals surface area contributed by atoms with Crippen LogP contribution in [0, 0.1) is 0 Å². The highest BCUT2D eigenvalue weighted by Gasteiger charge is 2.27. The second kappa shape index (κ2) is 7.28. The summed E-state index contributed by atoms with van der Waals surface area (Å²) < 4.78 is 7.71. The van der Waals surface area contributed by atoms with Gasteiger partial charge in [0.2, 0.25) is 11.9 Å². The maximum atomic E-state index is 5.70. The van der Waals surface area contributed by atoms with Crippen LogP contribution in [0.15, 0.2) is 43.0 Å². The minimum atomic E-state index is 0.233. The standard InChI is InChI=1S/C22H22N8O/c23-21-24-11-16(12-25-21)18-19-20(28-22(27-18)29-5-7-31-8-6-29)30(13-26-19)17-9-14-3-1-2-4-15(14)10-17/h1-4,11-13,17H,5-10H2,(H2,23,24,25). The van der Waals surface area contributed by atoms with Crippen LogP contribution < -0.4 is 10.6 Å². The van der Waals surface area contributed by atoms with Crippen molar-refractivity contribution in [2.24, 2.45) is 0 Å². The van der Waals surface area contributed by atoms with E-state index in [2.05, 4.69) is 43.7 Å². The second-order valence-electron chi connectivity index (χ2n) is 7.96. The molecule has 4 aromatic rings. The van der Waals surface area contributed by atoms with Gasteiger partial charge in [0.25, 0.3) is 0 Å². The lowest BCUT2D eigenvalue weighted by Gasteiger charge is -2.27. The fourth-order valence-electron chi connectivity index (χ4n) is 4.47. The zero-order valence-electron chi connectivity index (χ0n) is 17.0. The lowest BCUT2D eigenvalue weighted by atomic mass is 10.1. The van der Waals surface area contributed by atoms with Crippen LogP contribution >= 0.6 is 0 Å². The predicted molar refractivity (Wildman–Crippen MR) is 117 cm³/mol. The smallest absolute Gasteiger partial charge is 0.228 e. The zero-order valence-corrected chi connectivity index (χ0v) is 17.0. The predicted octanol–water partition coefficient (Wildman–Crippen LogP) is 2.04. The van der Waals surface area contributed by atoms with Gasteiger partial charge in [-0.15, -0.1) is 0 Å². The van der Waals surface area contributed by atoms with Crippen LogP contribution in [0.1, 0.15) is 17.2 Å². The van der Waals surface area contributed by atoms with E-state index in [4.69, 9.17) is 25.4 Å². The highest BCUT2D eigenvalue weighted by molar-refractivity contribution is 5.88. The molecule has 1 fully saturated rings. The summed E-state index contributed by atoms with van der Waals surface area (Å²) in [5.74, 6) is 0.914. The van der Waals surface area contributed by atoms with Crippen LogP contribution in [0.4, 0.5) is 11.9 Å². The number of aromatic nitrogens is 6. The molecule has 2 aliphatic rings. The molecule has 1 aliphatic carbocycles. The molecule has 1 aliphatic heterocycles. The summed E-state index contributed by atoms with van der Waals surface area (Å²) in [5, 5.41) is 0. The van der Waals surface area contributed by atoms with Crippen molar-refractivity contribution >= 4 is 23.1 Å². The van der Waals surface area contributed by atoms with Gasteiger partial charge in [0.1, 0.15) is 11.2 Å². The normalized spacial score (nSPS) is 16.7. The van der Waals surface area contributed by atoms with Crippen molar-refractivity contribution in [2.45, 2.75) is 18.9 Å². The van der Waals surface area contributed by atoms with Crippen LogP contribution in [-0.2, 0) is 17.6 Å². The van der Waals surface area contributed by atoms with Gasteiger partial charge in [-0.3, -0.25) is 0 Å². The number of benzene rings is 1. The molecule has 31 heavy (non-hydrogen) atoms. The van der Waals surface area contributed by atoms with E-state index in [1.54, 1.807) is 12.4 Å². The molecule has 9 heteroatoms. The van der Waals surface area contributed by atoms with Crippen molar-refractivity contribution in [2.75, 3.05) is 36.9 Å². The molecule has 9 nitrogen and oxygen atoms in total. The lowest BCUT2D eigenvalue weighted by Crippen LogP contribution is -2.37. The molecule has 0 spiro atoms. The minimum absolute atomic E-state index is 0.233. The summed E-state index contributed by atoms with van der Waals surface area (Å²) in [4.78, 5) is 25.0. The fourth-order valence-corrected chi connectivity index (χ4v) is 4.47. The monoisotopic (exact) mass is 414 g/mol. The molecule has 2 N–H and O–H groups in total. The first-order valence-corrected chi connectivity index (χ1v) is 10.5. The van der Waals surface area contributed by atoms with Crippen molar-refractivity contribution in [1.29, 1.82) is 0 Å². The van der Waals surface area contributed by atoms with Crippen molar-refractivity contribution < 1.29 is 4.74 Å². The summed E-state index contributed by atoms with van der Waals surface area (Å²) in [6.45, 7) is 2.84. The molecule has 0 bridgehead atoms. The maximum absolute atomic E-state index is 5.70. The summed E-state index contributed by atoms with van der Waals surface area (Å²) in [7, 11) is 0. The van der Waals surface area contributed by atoms with Gasteiger partial charge in [-0.1, -0.05) is 24.3 Å². The number of nitrogens with two attached hydrogens (primary N) is 1. The molecule has 4 heterocycles. The number of rotatable bonds is 3. The van der Waals surface area contributed by atoms with E-state index < -0.39 is 0 Å². The van der Waals surface area contributed by atoms with E-state index in [-0.39, 0.29) is 12.0 Å². The lowest BCUT2D eigenvalue weighted by molar-refractivity contribution is 0.122. The van der Waals surface area contributed by atoms with Gasteiger partial charge in [-0.25, -0.2) is 19.9 Å². The van der Waals surface area contributed by atoms with Crippen LogP contribution in [0.2, 0.25) is 0 Å². The molecule has 0 amide bonds. The molecule has 1 aromatic carbocycles. The molecule has 0 unspecified atom stereocenters. The highest BCUT2D eigenvalue weighted by atomic mass is 16.5. The summed E-state index contributed by atoms with van der Waals surface area (Å²) in [6.07, 6.45) is 7.22. The van der Waals surface area contributed by atoms with Crippen molar-refractivity contribution in [1.82, 2.24) is 29.5 Å². The number of fused-ring (bicyclic) bond motifs is 2. The molecular formula is C22H22N8O. The van der Waals surface area contributed by atoms with Gasteiger partial charge in [-0.2, -0.15) is 4.98 Å². The van der Waals surface area contributed by atoms with E-state index in [0.29, 0.717) is 19.2 Å². The third kappa shape index (κ3) is 3.17. The Labute approximate surface area is 179 Å². The molecule has 0 atom stereocenters. The van der Waals surface area contributed by atoms with Gasteiger partial charge < -0.3 is 19.9 Å². The number of nitrogens with zero attached hydrogens (tertiary/aromatic N) is 7. The van der Waals surface area contributed by atoms with Gasteiger partial charge in [0.05, 0.1) is 19.5 Å². The first-order chi connectivity index (χ1) is 15.3. The quantitative estimate of drug-likeness (QED) is 0.543. The molecular weight excluding hydrogens is 392 g/mol. The summed E-state index contributed by atoms with van der Waals surface area (Å²) in [5.41, 5.74) is 11.6. The summed E-state index contributed by atoms with van der Waals surface area (Å²) in [6, 6.07) is 8.90. The SMILES string of the molecule is Nc1ncc(-c2nc(N3CCOCC3)nc3c2ncn3C2Cc3ccccc3C2)cn1. The number of imidazole rings is 1. The largest absolute Gasteiger partial charge is 0.378 e. The Morgan fingerprint density at radius 1 is 0.935 bits per heavy atom. The molecule has 0 saturated carbocycles.